The molecule has 0 atom stereocenters. The third-order valence-corrected chi connectivity index (χ3v) is 4.56. The Morgan fingerprint density at radius 2 is 2.00 bits per heavy atom. The van der Waals surface area contributed by atoms with Crippen LogP contribution in [0.4, 0.5) is 22.9 Å². The number of rotatable bonds is 5. The molecule has 0 spiro atoms. The van der Waals surface area contributed by atoms with Gasteiger partial charge in [-0.3, -0.25) is 0 Å². The van der Waals surface area contributed by atoms with Crippen molar-refractivity contribution in [3.8, 4) is 17.7 Å². The van der Waals surface area contributed by atoms with Gasteiger partial charge in [-0.2, -0.15) is 10.2 Å². The third-order valence-electron chi connectivity index (χ3n) is 3.97. The topological polar surface area (TPSA) is 88.3 Å². The van der Waals surface area contributed by atoms with Crippen LogP contribution in [0.1, 0.15) is 11.1 Å². The lowest BCUT2D eigenvalue weighted by Gasteiger charge is -2.14. The van der Waals surface area contributed by atoms with Crippen LogP contribution in [0.5, 0.6) is 11.6 Å². The van der Waals surface area contributed by atoms with Crippen LogP contribution in [-0.2, 0) is 0 Å². The predicted molar refractivity (Wildman–Crippen MR) is 118 cm³/mol. The van der Waals surface area contributed by atoms with Crippen molar-refractivity contribution in [2.75, 3.05) is 11.1 Å². The minimum absolute atomic E-state index is 0.378. The Hall–Kier alpha value is -3.81. The highest BCUT2D eigenvalue weighted by Gasteiger charge is 2.11. The molecule has 0 aliphatic rings. The van der Waals surface area contributed by atoms with Gasteiger partial charge < -0.3 is 15.8 Å². The summed E-state index contributed by atoms with van der Waals surface area (Å²) in [6, 6.07) is 16.2. The van der Waals surface area contributed by atoms with E-state index in [1.54, 1.807) is 42.5 Å². The lowest BCUT2D eigenvalue weighted by Crippen LogP contribution is -2.01. The fraction of sp³-hybridized carbons (Fsp3) is 0.0455. The van der Waals surface area contributed by atoms with Gasteiger partial charge in [-0.1, -0.05) is 12.1 Å². The first-order valence-corrected chi connectivity index (χ1v) is 9.34. The van der Waals surface area contributed by atoms with E-state index in [0.29, 0.717) is 28.8 Å². The van der Waals surface area contributed by atoms with Gasteiger partial charge in [-0.05, 0) is 70.4 Å². The average molecular weight is 446 g/mol. The number of ether oxygens (including phenoxy) is 1. The number of benzene rings is 2. The van der Waals surface area contributed by atoms with Crippen molar-refractivity contribution in [1.82, 2.24) is 4.98 Å². The van der Waals surface area contributed by atoms with E-state index in [2.05, 4.69) is 31.1 Å². The van der Waals surface area contributed by atoms with Crippen molar-refractivity contribution in [2.24, 2.45) is 0 Å². The summed E-state index contributed by atoms with van der Waals surface area (Å²) in [6.45, 7) is 8.94. The molecule has 1 heterocycles. The molecule has 2 aromatic carbocycles. The van der Waals surface area contributed by atoms with Gasteiger partial charge in [-0.25, -0.2) is 4.85 Å². The molecule has 0 saturated carbocycles. The summed E-state index contributed by atoms with van der Waals surface area (Å²) in [7, 11) is 0. The maximum Gasteiger partial charge on any atom is 0.221 e. The third kappa shape index (κ3) is 4.92. The van der Waals surface area contributed by atoms with Crippen LogP contribution in [0.25, 0.3) is 10.9 Å². The number of allylic oxidation sites excluding steroid dienone is 1. The molecule has 0 unspecified atom stereocenters. The quantitative estimate of drug-likeness (QED) is 0.352. The van der Waals surface area contributed by atoms with E-state index in [9.17, 15) is 0 Å². The normalized spacial score (nSPS) is 10.3. The van der Waals surface area contributed by atoms with Gasteiger partial charge in [0.1, 0.15) is 5.75 Å². The number of nitrogens with zero attached hydrogens (tertiary/aromatic N) is 3. The number of nitrogen functional groups attached to an aromatic ring is 1. The van der Waals surface area contributed by atoms with Crippen molar-refractivity contribution < 1.29 is 4.74 Å². The summed E-state index contributed by atoms with van der Waals surface area (Å²) in [5, 5.41) is 11.8. The largest absolute Gasteiger partial charge is 0.438 e. The maximum atomic E-state index is 8.69. The van der Waals surface area contributed by atoms with Crippen LogP contribution in [0.3, 0.4) is 0 Å². The number of anilines is 3. The number of nitriles is 1. The number of halogens is 1. The first-order valence-electron chi connectivity index (χ1n) is 8.55. The van der Waals surface area contributed by atoms with Crippen molar-refractivity contribution in [3.05, 3.63) is 81.6 Å². The van der Waals surface area contributed by atoms with E-state index < -0.39 is 0 Å². The zero-order valence-electron chi connectivity index (χ0n) is 15.5. The number of hydrogen-bond donors (Lipinski definition) is 2. The van der Waals surface area contributed by atoms with Gasteiger partial charge in [0.05, 0.1) is 22.8 Å². The van der Waals surface area contributed by atoms with Crippen LogP contribution in [0.15, 0.2) is 59.1 Å². The van der Waals surface area contributed by atoms with Crippen molar-refractivity contribution >= 4 is 44.9 Å². The Morgan fingerprint density at radius 3 is 2.66 bits per heavy atom. The Morgan fingerprint density at radius 1 is 1.24 bits per heavy atom. The summed E-state index contributed by atoms with van der Waals surface area (Å²) >= 11 is 3.51. The Balaban J connectivity index is 1.85. The summed E-state index contributed by atoms with van der Waals surface area (Å²) in [5.41, 5.74) is 9.61. The number of aryl methyl sites for hydroxylation is 1. The van der Waals surface area contributed by atoms with Crippen molar-refractivity contribution in [3.63, 3.8) is 0 Å². The minimum Gasteiger partial charge on any atom is -0.438 e. The first-order chi connectivity index (χ1) is 14.0. The lowest BCUT2D eigenvalue weighted by atomic mass is 10.1. The minimum atomic E-state index is 0.378. The molecule has 0 saturated heterocycles. The molecule has 6 nitrogen and oxygen atoms in total. The molecule has 7 heteroatoms. The van der Waals surface area contributed by atoms with E-state index in [-0.39, 0.29) is 0 Å². The van der Waals surface area contributed by atoms with Gasteiger partial charge in [0.15, 0.2) is 11.5 Å². The SMILES string of the molecule is [C-]#[N+]c1ccc(Nc2nc(Oc3c(C)cc(/C=C/C#N)cc3Br)ccc2N)cc1. The van der Waals surface area contributed by atoms with Crippen LogP contribution in [-0.4, -0.2) is 4.98 Å². The number of nitrogens with one attached hydrogen (secondary N) is 1. The second-order valence-corrected chi connectivity index (χ2v) is 6.94. The molecular weight excluding hydrogens is 430 g/mol. The first kappa shape index (κ1) is 19.9. The molecule has 1 aromatic heterocycles. The van der Waals surface area contributed by atoms with Gasteiger partial charge in [0.25, 0.3) is 0 Å². The zero-order chi connectivity index (χ0) is 20.8. The molecule has 0 aliphatic carbocycles. The molecule has 0 fully saturated rings. The molecule has 3 rings (SSSR count). The molecule has 142 valence electrons. The Bertz CT molecular complexity index is 1130. The fourth-order valence-electron chi connectivity index (χ4n) is 2.59. The second-order valence-electron chi connectivity index (χ2n) is 6.08. The van der Waals surface area contributed by atoms with Gasteiger partial charge in [0.2, 0.25) is 5.88 Å². The van der Waals surface area contributed by atoms with E-state index in [0.717, 1.165) is 21.3 Å². The van der Waals surface area contributed by atoms with E-state index >= 15 is 0 Å². The summed E-state index contributed by atoms with van der Waals surface area (Å²) in [5.74, 6) is 1.47. The smallest absolute Gasteiger partial charge is 0.221 e. The van der Waals surface area contributed by atoms with Crippen molar-refractivity contribution in [2.45, 2.75) is 6.92 Å². The van der Waals surface area contributed by atoms with Crippen LogP contribution in [0, 0.1) is 24.8 Å². The molecule has 0 bridgehead atoms. The van der Waals surface area contributed by atoms with E-state index in [4.69, 9.17) is 22.3 Å². The average Bonchev–Trinajstić information content (AvgIpc) is 2.72. The highest BCUT2D eigenvalue weighted by molar-refractivity contribution is 9.10. The Kier molecular flexibility index (Phi) is 6.13. The number of pyridine rings is 1. The summed E-state index contributed by atoms with van der Waals surface area (Å²) < 4.78 is 6.73. The van der Waals surface area contributed by atoms with Gasteiger partial charge in [0, 0.05) is 17.8 Å². The van der Waals surface area contributed by atoms with Gasteiger partial charge >= 0.3 is 0 Å². The molecule has 0 radical (unpaired) electrons. The highest BCUT2D eigenvalue weighted by atomic mass is 79.9. The van der Waals surface area contributed by atoms with Crippen LogP contribution >= 0.6 is 15.9 Å². The zero-order valence-corrected chi connectivity index (χ0v) is 17.1. The van der Waals surface area contributed by atoms with Crippen molar-refractivity contribution in [1.29, 1.82) is 5.26 Å². The number of hydrogen-bond acceptors (Lipinski definition) is 5. The molecule has 29 heavy (non-hydrogen) atoms. The highest BCUT2D eigenvalue weighted by Crippen LogP contribution is 2.35. The summed E-state index contributed by atoms with van der Waals surface area (Å²) in [6.07, 6.45) is 3.15. The summed E-state index contributed by atoms with van der Waals surface area (Å²) in [4.78, 5) is 7.84. The number of nitrogens with two attached hydrogens (primary N) is 1. The van der Waals surface area contributed by atoms with E-state index in [1.165, 1.54) is 6.08 Å². The lowest BCUT2D eigenvalue weighted by molar-refractivity contribution is 0.457. The van der Waals surface area contributed by atoms with Crippen LogP contribution in [0.2, 0.25) is 0 Å². The van der Waals surface area contributed by atoms with E-state index in [1.807, 2.05) is 25.1 Å². The molecule has 0 aliphatic heterocycles. The Labute approximate surface area is 177 Å². The maximum absolute atomic E-state index is 8.69. The van der Waals surface area contributed by atoms with Gasteiger partial charge in [-0.15, -0.1) is 0 Å². The molecule has 3 aromatic rings. The number of aromatic nitrogens is 1. The fourth-order valence-corrected chi connectivity index (χ4v) is 3.24. The molecular formula is C22H16BrN5O. The second kappa shape index (κ2) is 8.92. The molecule has 0 amide bonds. The monoisotopic (exact) mass is 445 g/mol. The van der Waals surface area contributed by atoms with Crippen LogP contribution < -0.4 is 15.8 Å². The predicted octanol–water partition coefficient (Wildman–Crippen LogP) is 6.36. The standard InChI is InChI=1S/C22H16BrN5O/c1-14-12-15(4-3-11-24)13-18(23)21(14)29-20-10-9-19(25)22(28-20)27-17-7-5-16(26-2)6-8-17/h3-10,12-13H,25H2,1H3,(H,27,28)/b4-3+. The molecule has 3 N–H and O–H groups in total.